The van der Waals surface area contributed by atoms with Crippen LogP contribution < -0.4 is 0 Å². The summed E-state index contributed by atoms with van der Waals surface area (Å²) < 4.78 is 4.33. The maximum atomic E-state index is 4.73. The van der Waals surface area contributed by atoms with Gasteiger partial charge in [0.1, 0.15) is 0 Å². The Morgan fingerprint density at radius 1 is 1.04 bits per heavy atom. The fourth-order valence-electron chi connectivity index (χ4n) is 4.14. The van der Waals surface area contributed by atoms with E-state index in [1.807, 2.05) is 35.1 Å². The zero-order valence-corrected chi connectivity index (χ0v) is 15.7. The average Bonchev–Trinajstić information content (AvgIpc) is 3.28. The lowest BCUT2D eigenvalue weighted by Gasteiger charge is -2.35. The quantitative estimate of drug-likeness (QED) is 0.554. The van der Waals surface area contributed by atoms with Crippen molar-refractivity contribution in [3.8, 4) is 11.1 Å². The Labute approximate surface area is 158 Å². The van der Waals surface area contributed by atoms with E-state index in [9.17, 15) is 0 Å². The van der Waals surface area contributed by atoms with E-state index in [-0.39, 0.29) is 0 Å². The number of nitrogens with zero attached hydrogens (tertiary/aromatic N) is 5. The molecule has 0 spiro atoms. The third-order valence-electron chi connectivity index (χ3n) is 5.70. The molecule has 0 unspecified atom stereocenters. The fraction of sp³-hybridized carbons (Fsp3) is 0.273. The maximum absolute atomic E-state index is 4.73. The van der Waals surface area contributed by atoms with Crippen LogP contribution in [0.2, 0.25) is 0 Å². The van der Waals surface area contributed by atoms with Crippen molar-refractivity contribution >= 4 is 5.65 Å². The van der Waals surface area contributed by atoms with Crippen molar-refractivity contribution in [3.63, 3.8) is 0 Å². The van der Waals surface area contributed by atoms with Gasteiger partial charge in [0.15, 0.2) is 5.65 Å². The smallest absolute Gasteiger partial charge is 0.162 e. The lowest BCUT2D eigenvalue weighted by molar-refractivity contribution is 0.159. The summed E-state index contributed by atoms with van der Waals surface area (Å²) in [6.07, 6.45) is 6.01. The van der Waals surface area contributed by atoms with Crippen LogP contribution in [0.1, 0.15) is 29.9 Å². The molecule has 0 amide bonds. The lowest BCUT2D eigenvalue weighted by atomic mass is 10.1. The first-order valence-electron chi connectivity index (χ1n) is 9.48. The van der Waals surface area contributed by atoms with Gasteiger partial charge in [-0.15, -0.1) is 0 Å². The van der Waals surface area contributed by atoms with Crippen molar-refractivity contribution in [1.29, 1.82) is 0 Å². The van der Waals surface area contributed by atoms with E-state index >= 15 is 0 Å². The van der Waals surface area contributed by atoms with Crippen LogP contribution in [0, 0.1) is 6.92 Å². The van der Waals surface area contributed by atoms with Crippen molar-refractivity contribution in [1.82, 2.24) is 24.1 Å². The van der Waals surface area contributed by atoms with Gasteiger partial charge in [0.05, 0.1) is 6.20 Å². The number of hydrogen-bond acceptors (Lipinski definition) is 3. The zero-order valence-electron chi connectivity index (χ0n) is 15.7. The van der Waals surface area contributed by atoms with Crippen LogP contribution in [0.25, 0.3) is 16.8 Å². The van der Waals surface area contributed by atoms with Crippen LogP contribution in [0.5, 0.6) is 0 Å². The molecule has 0 saturated heterocycles. The van der Waals surface area contributed by atoms with E-state index in [0.29, 0.717) is 6.04 Å². The summed E-state index contributed by atoms with van der Waals surface area (Å²) in [5, 5.41) is 4.54. The number of fused-ring (bicyclic) bond motifs is 2. The molecule has 27 heavy (non-hydrogen) atoms. The first kappa shape index (κ1) is 16.3. The highest BCUT2D eigenvalue weighted by Gasteiger charge is 2.24. The van der Waals surface area contributed by atoms with Crippen LogP contribution in [-0.2, 0) is 13.1 Å². The second-order valence-corrected chi connectivity index (χ2v) is 7.35. The highest BCUT2D eigenvalue weighted by molar-refractivity contribution is 5.76. The Balaban J connectivity index is 1.42. The maximum Gasteiger partial charge on any atom is 0.162 e. The number of rotatable bonds is 3. The molecule has 136 valence electrons. The molecule has 4 heterocycles. The molecule has 1 aliphatic rings. The van der Waals surface area contributed by atoms with Gasteiger partial charge in [-0.25, -0.2) is 9.50 Å². The van der Waals surface area contributed by atoms with Gasteiger partial charge in [-0.3, -0.25) is 4.90 Å². The lowest BCUT2D eigenvalue weighted by Crippen LogP contribution is -2.36. The topological polar surface area (TPSA) is 38.4 Å². The van der Waals surface area contributed by atoms with E-state index in [1.165, 1.54) is 17.0 Å². The molecule has 0 fully saturated rings. The number of benzene rings is 1. The highest BCUT2D eigenvalue weighted by atomic mass is 15.3. The third-order valence-corrected chi connectivity index (χ3v) is 5.70. The van der Waals surface area contributed by atoms with Gasteiger partial charge >= 0.3 is 0 Å². The van der Waals surface area contributed by atoms with E-state index in [4.69, 9.17) is 4.98 Å². The molecule has 3 aromatic heterocycles. The minimum Gasteiger partial charge on any atom is -0.346 e. The molecular formula is C22H23N5. The zero-order chi connectivity index (χ0) is 18.4. The van der Waals surface area contributed by atoms with Crippen molar-refractivity contribution in [3.05, 3.63) is 78.0 Å². The number of aromatic nitrogens is 4. The normalized spacial score (nSPS) is 17.3. The molecule has 0 aliphatic carbocycles. The number of aryl methyl sites for hydroxylation is 1. The van der Waals surface area contributed by atoms with Gasteiger partial charge in [-0.1, -0.05) is 30.3 Å². The molecule has 5 nitrogen and oxygen atoms in total. The molecule has 1 atom stereocenters. The van der Waals surface area contributed by atoms with Gasteiger partial charge in [-0.2, -0.15) is 5.10 Å². The van der Waals surface area contributed by atoms with Crippen molar-refractivity contribution in [2.45, 2.75) is 33.0 Å². The largest absolute Gasteiger partial charge is 0.346 e. The molecule has 5 rings (SSSR count). The second-order valence-electron chi connectivity index (χ2n) is 7.35. The molecule has 0 saturated carbocycles. The first-order chi connectivity index (χ1) is 13.2. The summed E-state index contributed by atoms with van der Waals surface area (Å²) in [7, 11) is 0. The Bertz CT molecular complexity index is 1090. The summed E-state index contributed by atoms with van der Waals surface area (Å²) in [4.78, 5) is 7.24. The molecule has 0 bridgehead atoms. The standard InChI is InChI=1S/C22H23N5/c1-16-8-9-21-17(2)25(10-11-26(16)21)14-18-12-23-22-20(13-24-27(22)15-18)19-6-4-3-5-7-19/h3-9,12-13,15,17H,10-11,14H2,1-2H3/t17-/m0/s1. The molecule has 1 aromatic carbocycles. The van der Waals surface area contributed by atoms with Crippen LogP contribution in [0.4, 0.5) is 0 Å². The van der Waals surface area contributed by atoms with Crippen molar-refractivity contribution in [2.24, 2.45) is 0 Å². The van der Waals surface area contributed by atoms with E-state index in [0.717, 1.165) is 36.4 Å². The van der Waals surface area contributed by atoms with E-state index in [1.54, 1.807) is 0 Å². The Morgan fingerprint density at radius 3 is 2.74 bits per heavy atom. The van der Waals surface area contributed by atoms with E-state index < -0.39 is 0 Å². The molecule has 5 heteroatoms. The Hall–Kier alpha value is -2.92. The number of hydrogen-bond donors (Lipinski definition) is 0. The SMILES string of the molecule is Cc1ccc2n1CCN(Cc1cnc3c(-c4ccccc4)cnn3c1)[C@H]2C. The predicted octanol–water partition coefficient (Wildman–Crippen LogP) is 4.08. The van der Waals surface area contributed by atoms with Crippen LogP contribution in [0.15, 0.2) is 61.1 Å². The van der Waals surface area contributed by atoms with Crippen molar-refractivity contribution in [2.75, 3.05) is 6.54 Å². The first-order valence-corrected chi connectivity index (χ1v) is 9.48. The monoisotopic (exact) mass is 357 g/mol. The second kappa shape index (κ2) is 6.35. The Morgan fingerprint density at radius 2 is 1.89 bits per heavy atom. The van der Waals surface area contributed by atoms with Gasteiger partial charge in [-0.05, 0) is 31.5 Å². The third kappa shape index (κ3) is 2.75. The van der Waals surface area contributed by atoms with Crippen molar-refractivity contribution < 1.29 is 0 Å². The summed E-state index contributed by atoms with van der Waals surface area (Å²) in [5.74, 6) is 0. The fourth-order valence-corrected chi connectivity index (χ4v) is 4.14. The van der Waals surface area contributed by atoms with Gasteiger partial charge < -0.3 is 4.57 Å². The Kier molecular flexibility index (Phi) is 3.83. The highest BCUT2D eigenvalue weighted by Crippen LogP contribution is 2.29. The van der Waals surface area contributed by atoms with Gasteiger partial charge in [0, 0.05) is 60.6 Å². The van der Waals surface area contributed by atoms with Gasteiger partial charge in [0.2, 0.25) is 0 Å². The van der Waals surface area contributed by atoms with Crippen LogP contribution in [-0.4, -0.2) is 30.6 Å². The molecule has 1 aliphatic heterocycles. The van der Waals surface area contributed by atoms with Crippen LogP contribution in [0.3, 0.4) is 0 Å². The molecule has 0 radical (unpaired) electrons. The van der Waals surface area contributed by atoms with Crippen LogP contribution >= 0.6 is 0 Å². The summed E-state index contributed by atoms with van der Waals surface area (Å²) in [6.45, 7) is 7.46. The summed E-state index contributed by atoms with van der Waals surface area (Å²) >= 11 is 0. The predicted molar refractivity (Wildman–Crippen MR) is 106 cm³/mol. The minimum absolute atomic E-state index is 0.403. The van der Waals surface area contributed by atoms with E-state index in [2.05, 4.69) is 58.9 Å². The minimum atomic E-state index is 0.403. The van der Waals surface area contributed by atoms with Gasteiger partial charge in [0.25, 0.3) is 0 Å². The molecular weight excluding hydrogens is 334 g/mol. The molecule has 4 aromatic rings. The molecule has 0 N–H and O–H groups in total. The average molecular weight is 357 g/mol. The summed E-state index contributed by atoms with van der Waals surface area (Å²) in [5.41, 5.74) is 7.06. The summed E-state index contributed by atoms with van der Waals surface area (Å²) in [6, 6.07) is 15.2.